The van der Waals surface area contributed by atoms with E-state index in [0.717, 1.165) is 51.4 Å². The first-order chi connectivity index (χ1) is 30.0. The van der Waals surface area contributed by atoms with Crippen molar-refractivity contribution in [3.05, 3.63) is 48.6 Å². The number of carbonyl (C=O) groups excluding carboxylic acids is 1. The molecular weight excluding hydrogens is 792 g/mol. The number of phosphoric ester groups is 1. The van der Waals surface area contributed by atoms with E-state index in [9.17, 15) is 19.4 Å². The summed E-state index contributed by atoms with van der Waals surface area (Å²) in [5.41, 5.74) is 0. The van der Waals surface area contributed by atoms with Gasteiger partial charge in [-0.2, -0.15) is 0 Å². The monoisotopic (exact) mass is 894 g/mol. The van der Waals surface area contributed by atoms with Gasteiger partial charge in [-0.3, -0.25) is 13.8 Å². The Labute approximate surface area is 384 Å². The van der Waals surface area contributed by atoms with Crippen LogP contribution in [0.25, 0.3) is 0 Å². The number of nitrogens with one attached hydrogen (secondary N) is 1. The summed E-state index contributed by atoms with van der Waals surface area (Å²) in [6.07, 6.45) is 57.9. The van der Waals surface area contributed by atoms with Gasteiger partial charge in [-0.25, -0.2) is 4.57 Å². The number of unbranched alkanes of at least 4 members (excludes halogenated alkanes) is 28. The molecule has 62 heavy (non-hydrogen) atoms. The third-order valence-electron chi connectivity index (χ3n) is 11.5. The number of hydrogen-bond donors (Lipinski definition) is 3. The van der Waals surface area contributed by atoms with Crippen molar-refractivity contribution in [3.63, 3.8) is 0 Å². The van der Waals surface area contributed by atoms with Crippen molar-refractivity contribution < 1.29 is 32.9 Å². The van der Waals surface area contributed by atoms with E-state index in [1.165, 1.54) is 161 Å². The van der Waals surface area contributed by atoms with Crippen LogP contribution in [0, 0.1) is 0 Å². The molecule has 0 aromatic carbocycles. The summed E-state index contributed by atoms with van der Waals surface area (Å²) in [5.74, 6) is -0.192. The van der Waals surface area contributed by atoms with Gasteiger partial charge in [0.2, 0.25) is 5.91 Å². The summed E-state index contributed by atoms with van der Waals surface area (Å²) < 4.78 is 23.6. The lowest BCUT2D eigenvalue weighted by Gasteiger charge is -2.25. The third kappa shape index (κ3) is 46.5. The molecule has 0 spiro atoms. The van der Waals surface area contributed by atoms with Gasteiger partial charge in [0.15, 0.2) is 0 Å². The molecule has 8 nitrogen and oxygen atoms in total. The molecule has 3 atom stereocenters. The van der Waals surface area contributed by atoms with Gasteiger partial charge in [0, 0.05) is 6.42 Å². The number of phosphoric acid groups is 1. The average molecular weight is 894 g/mol. The van der Waals surface area contributed by atoms with Gasteiger partial charge in [0.05, 0.1) is 39.9 Å². The largest absolute Gasteiger partial charge is 0.472 e. The Balaban J connectivity index is 4.14. The maximum Gasteiger partial charge on any atom is 0.472 e. The summed E-state index contributed by atoms with van der Waals surface area (Å²) >= 11 is 0. The Morgan fingerprint density at radius 3 is 1.34 bits per heavy atom. The molecule has 0 aromatic heterocycles. The number of rotatable bonds is 47. The van der Waals surface area contributed by atoms with Crippen LogP contribution in [-0.4, -0.2) is 73.4 Å². The Hall–Kier alpha value is -1.54. The second-order valence-corrected chi connectivity index (χ2v) is 20.3. The molecule has 1 amide bonds. The number of aliphatic hydroxyl groups is 1. The lowest BCUT2D eigenvalue weighted by molar-refractivity contribution is -0.870. The molecule has 0 bridgehead atoms. The zero-order valence-electron chi connectivity index (χ0n) is 41.4. The molecule has 0 aliphatic heterocycles. The van der Waals surface area contributed by atoms with Gasteiger partial charge in [-0.1, -0.05) is 210 Å². The Morgan fingerprint density at radius 1 is 0.532 bits per heavy atom. The summed E-state index contributed by atoms with van der Waals surface area (Å²) in [6, 6.07) is -0.869. The van der Waals surface area contributed by atoms with E-state index in [-0.39, 0.29) is 19.1 Å². The number of amides is 1. The van der Waals surface area contributed by atoms with Crippen molar-refractivity contribution in [3.8, 4) is 0 Å². The molecule has 0 aliphatic rings. The van der Waals surface area contributed by atoms with Crippen molar-refractivity contribution >= 4 is 13.7 Å². The fourth-order valence-corrected chi connectivity index (χ4v) is 8.08. The number of aliphatic hydroxyl groups excluding tert-OH is 1. The van der Waals surface area contributed by atoms with Gasteiger partial charge in [-0.15, -0.1) is 0 Å². The van der Waals surface area contributed by atoms with Crippen LogP contribution < -0.4 is 5.32 Å². The first-order valence-corrected chi connectivity index (χ1v) is 27.5. The fraction of sp³-hybridized carbons (Fsp3) is 0.830. The molecule has 0 saturated carbocycles. The lowest BCUT2D eigenvalue weighted by Crippen LogP contribution is -2.45. The van der Waals surface area contributed by atoms with Crippen LogP contribution in [0.5, 0.6) is 0 Å². The molecule has 0 aromatic rings. The first-order valence-electron chi connectivity index (χ1n) is 26.0. The molecule has 0 fully saturated rings. The summed E-state index contributed by atoms with van der Waals surface area (Å²) in [4.78, 5) is 23.2. The second-order valence-electron chi connectivity index (χ2n) is 18.9. The van der Waals surface area contributed by atoms with E-state index >= 15 is 0 Å². The molecule has 3 unspecified atom stereocenters. The Kier molecular flexibility index (Phi) is 43.5. The maximum atomic E-state index is 12.9. The van der Waals surface area contributed by atoms with Crippen LogP contribution in [0.1, 0.15) is 232 Å². The molecule has 0 rings (SSSR count). The molecule has 3 N–H and O–H groups in total. The van der Waals surface area contributed by atoms with Crippen molar-refractivity contribution in [2.45, 2.75) is 244 Å². The molecule has 0 heterocycles. The zero-order valence-corrected chi connectivity index (χ0v) is 42.3. The predicted molar refractivity (Wildman–Crippen MR) is 267 cm³/mol. The molecule has 0 saturated heterocycles. The van der Waals surface area contributed by atoms with E-state index in [1.807, 2.05) is 27.2 Å². The molecule has 9 heteroatoms. The maximum absolute atomic E-state index is 12.9. The highest BCUT2D eigenvalue weighted by Crippen LogP contribution is 2.43. The van der Waals surface area contributed by atoms with Crippen LogP contribution in [0.3, 0.4) is 0 Å². The summed E-state index contributed by atoms with van der Waals surface area (Å²) in [5, 5.41) is 13.8. The normalized spacial score (nSPS) is 14.5. The number of allylic oxidation sites excluding steroid dienone is 7. The second kappa shape index (κ2) is 44.7. The van der Waals surface area contributed by atoms with E-state index in [0.29, 0.717) is 17.4 Å². The highest BCUT2D eigenvalue weighted by atomic mass is 31.2. The first kappa shape index (κ1) is 60.5. The van der Waals surface area contributed by atoms with Gasteiger partial charge < -0.3 is 19.8 Å². The topological polar surface area (TPSA) is 105 Å². The fourth-order valence-electron chi connectivity index (χ4n) is 7.35. The quantitative estimate of drug-likeness (QED) is 0.0243. The Bertz CT molecular complexity index is 1150. The SMILES string of the molecule is CCCC/C=C/CC/C=C/CC/C=C/C(O)C(COP(=O)(O)OCC[N+](C)(C)C)NC(=O)CCCCCCCCCCCCCC/C=C\CCCCCCCCCCCCCC. The molecule has 0 radical (unpaired) electrons. The van der Waals surface area contributed by atoms with Crippen molar-refractivity contribution in [2.75, 3.05) is 40.9 Å². The number of nitrogens with zero attached hydrogens (tertiary/aromatic N) is 1. The van der Waals surface area contributed by atoms with Gasteiger partial charge in [-0.05, 0) is 64.2 Å². The van der Waals surface area contributed by atoms with Crippen LogP contribution in [-0.2, 0) is 18.4 Å². The number of quaternary nitrogens is 1. The van der Waals surface area contributed by atoms with Crippen molar-refractivity contribution in [2.24, 2.45) is 0 Å². The van der Waals surface area contributed by atoms with E-state index in [1.54, 1.807) is 6.08 Å². The minimum atomic E-state index is -4.35. The van der Waals surface area contributed by atoms with E-state index in [2.05, 4.69) is 55.6 Å². The minimum Gasteiger partial charge on any atom is -0.387 e. The molecular formula is C53H102N2O6P+. The smallest absolute Gasteiger partial charge is 0.387 e. The Morgan fingerprint density at radius 2 is 0.903 bits per heavy atom. The average Bonchev–Trinajstić information content (AvgIpc) is 3.23. The molecule has 364 valence electrons. The highest BCUT2D eigenvalue weighted by Gasteiger charge is 2.27. The number of carbonyl (C=O) groups is 1. The zero-order chi connectivity index (χ0) is 45.7. The van der Waals surface area contributed by atoms with E-state index < -0.39 is 20.0 Å². The predicted octanol–water partition coefficient (Wildman–Crippen LogP) is 15.2. The van der Waals surface area contributed by atoms with Gasteiger partial charge >= 0.3 is 7.82 Å². The third-order valence-corrected chi connectivity index (χ3v) is 12.5. The lowest BCUT2D eigenvalue weighted by atomic mass is 10.0. The standard InChI is InChI=1S/C53H101N2O6P/c1-6-8-10-12-14-16-18-20-21-22-23-24-25-26-27-28-29-30-31-32-33-34-35-37-39-41-43-45-47-53(57)54-51(50-61-62(58,59)60-49-48-55(3,4)5)52(56)46-44-42-40-38-36-19-17-15-13-11-9-7-2/h13,15,26-27,36,38,44,46,51-52,56H,6-12,14,16-25,28-35,37,39-43,45,47-50H2,1-5H3,(H-,54,57,58,59)/p+1/b15-13+,27-26-,38-36+,46-44+. The van der Waals surface area contributed by atoms with Gasteiger partial charge in [0.1, 0.15) is 13.2 Å². The van der Waals surface area contributed by atoms with Crippen molar-refractivity contribution in [1.29, 1.82) is 0 Å². The minimum absolute atomic E-state index is 0.0528. The summed E-state index contributed by atoms with van der Waals surface area (Å²) in [7, 11) is 1.54. The number of likely N-dealkylation sites (N-methyl/N-ethyl adjacent to an activating group) is 1. The molecule has 0 aliphatic carbocycles. The van der Waals surface area contributed by atoms with Crippen LogP contribution >= 0.6 is 7.82 Å². The van der Waals surface area contributed by atoms with Crippen LogP contribution in [0.4, 0.5) is 0 Å². The number of hydrogen-bond acceptors (Lipinski definition) is 5. The highest BCUT2D eigenvalue weighted by molar-refractivity contribution is 7.47. The van der Waals surface area contributed by atoms with Crippen LogP contribution in [0.2, 0.25) is 0 Å². The summed E-state index contributed by atoms with van der Waals surface area (Å²) in [6.45, 7) is 4.74. The van der Waals surface area contributed by atoms with Crippen LogP contribution in [0.15, 0.2) is 48.6 Å². The van der Waals surface area contributed by atoms with E-state index in [4.69, 9.17) is 9.05 Å². The van der Waals surface area contributed by atoms with Crippen molar-refractivity contribution in [1.82, 2.24) is 5.32 Å². The van der Waals surface area contributed by atoms with Gasteiger partial charge in [0.25, 0.3) is 0 Å².